The number of amides is 1. The maximum atomic E-state index is 12.4. The number of piperidine rings is 1. The summed E-state index contributed by atoms with van der Waals surface area (Å²) in [6.45, 7) is 5.31. The van der Waals surface area contributed by atoms with Crippen LogP contribution in [0.2, 0.25) is 0 Å². The van der Waals surface area contributed by atoms with Crippen LogP contribution in [0, 0.1) is 5.92 Å². The van der Waals surface area contributed by atoms with Crippen LogP contribution in [-0.2, 0) is 0 Å². The lowest BCUT2D eigenvalue weighted by Gasteiger charge is -2.29. The third-order valence-electron chi connectivity index (χ3n) is 3.76. The van der Waals surface area contributed by atoms with Crippen LogP contribution in [0.4, 0.5) is 0 Å². The first-order chi connectivity index (χ1) is 9.60. The van der Waals surface area contributed by atoms with Gasteiger partial charge >= 0.3 is 0 Å². The molecule has 1 heterocycles. The predicted octanol–water partition coefficient (Wildman–Crippen LogP) is 1.56. The van der Waals surface area contributed by atoms with Gasteiger partial charge in [-0.2, -0.15) is 0 Å². The Morgan fingerprint density at radius 1 is 1.25 bits per heavy atom. The van der Waals surface area contributed by atoms with E-state index in [1.54, 1.807) is 4.90 Å². The zero-order chi connectivity index (χ0) is 14.5. The van der Waals surface area contributed by atoms with Crippen LogP contribution in [-0.4, -0.2) is 47.2 Å². The van der Waals surface area contributed by atoms with Crippen molar-refractivity contribution < 1.29 is 15.0 Å². The number of nitrogens with one attached hydrogen (secondary N) is 1. The van der Waals surface area contributed by atoms with Crippen LogP contribution in [0.3, 0.4) is 0 Å². The number of phenols is 2. The number of carbonyl (C=O) groups is 1. The first kappa shape index (κ1) is 14.7. The molecule has 1 fully saturated rings. The van der Waals surface area contributed by atoms with Crippen molar-refractivity contribution in [1.82, 2.24) is 10.2 Å². The molecule has 1 amide bonds. The molecule has 1 saturated heterocycles. The van der Waals surface area contributed by atoms with E-state index in [1.807, 2.05) is 6.92 Å². The van der Waals surface area contributed by atoms with Gasteiger partial charge in [0.25, 0.3) is 5.91 Å². The number of benzene rings is 1. The standard InChI is InChI=1S/C15H22N2O3/c1-2-17(10-11-3-5-16-6-4-11)15(20)12-7-13(18)9-14(19)8-12/h7-9,11,16,18-19H,2-6,10H2,1H3. The van der Waals surface area contributed by atoms with E-state index in [1.165, 1.54) is 18.2 Å². The van der Waals surface area contributed by atoms with E-state index in [2.05, 4.69) is 5.32 Å². The maximum Gasteiger partial charge on any atom is 0.254 e. The molecule has 1 aliphatic rings. The fraction of sp³-hybridized carbons (Fsp3) is 0.533. The van der Waals surface area contributed by atoms with Gasteiger partial charge in [0.15, 0.2) is 0 Å². The minimum absolute atomic E-state index is 0.0914. The first-order valence-corrected chi connectivity index (χ1v) is 7.13. The molecule has 0 bridgehead atoms. The third-order valence-corrected chi connectivity index (χ3v) is 3.76. The van der Waals surface area contributed by atoms with Crippen LogP contribution in [0.15, 0.2) is 18.2 Å². The average Bonchev–Trinajstić information content (AvgIpc) is 2.44. The molecule has 1 aromatic carbocycles. The van der Waals surface area contributed by atoms with Crippen molar-refractivity contribution in [3.8, 4) is 11.5 Å². The number of phenolic OH excluding ortho intramolecular Hbond substituents is 2. The Balaban J connectivity index is 2.07. The minimum atomic E-state index is -0.141. The van der Waals surface area contributed by atoms with Crippen LogP contribution in [0.1, 0.15) is 30.1 Å². The zero-order valence-corrected chi connectivity index (χ0v) is 11.8. The van der Waals surface area contributed by atoms with E-state index in [-0.39, 0.29) is 17.4 Å². The van der Waals surface area contributed by atoms with Gasteiger partial charge in [0.05, 0.1) is 0 Å². The Bertz CT molecular complexity index is 450. The second-order valence-corrected chi connectivity index (χ2v) is 5.28. The molecule has 2 rings (SSSR count). The smallest absolute Gasteiger partial charge is 0.254 e. The van der Waals surface area contributed by atoms with Crippen molar-refractivity contribution in [2.75, 3.05) is 26.2 Å². The number of aromatic hydroxyl groups is 2. The molecule has 1 aliphatic heterocycles. The molecule has 0 spiro atoms. The summed E-state index contributed by atoms with van der Waals surface area (Å²) in [5.74, 6) is 0.195. The first-order valence-electron chi connectivity index (χ1n) is 7.13. The van der Waals surface area contributed by atoms with Crippen LogP contribution >= 0.6 is 0 Å². The van der Waals surface area contributed by atoms with E-state index >= 15 is 0 Å². The van der Waals surface area contributed by atoms with E-state index < -0.39 is 0 Å². The highest BCUT2D eigenvalue weighted by Crippen LogP contribution is 2.22. The van der Waals surface area contributed by atoms with E-state index in [0.29, 0.717) is 18.0 Å². The Labute approximate surface area is 119 Å². The van der Waals surface area contributed by atoms with E-state index in [4.69, 9.17) is 0 Å². The van der Waals surface area contributed by atoms with E-state index in [0.717, 1.165) is 32.5 Å². The molecule has 0 saturated carbocycles. The minimum Gasteiger partial charge on any atom is -0.508 e. The van der Waals surface area contributed by atoms with Crippen LogP contribution in [0.5, 0.6) is 11.5 Å². The molecule has 1 aromatic rings. The van der Waals surface area contributed by atoms with Gasteiger partial charge < -0.3 is 20.4 Å². The van der Waals surface area contributed by atoms with E-state index in [9.17, 15) is 15.0 Å². The number of carbonyl (C=O) groups excluding carboxylic acids is 1. The molecule has 0 aliphatic carbocycles. The predicted molar refractivity (Wildman–Crippen MR) is 76.9 cm³/mol. The molecule has 0 unspecified atom stereocenters. The molecular formula is C15H22N2O3. The van der Waals surface area contributed by atoms with Crippen molar-refractivity contribution in [3.05, 3.63) is 23.8 Å². The fourth-order valence-corrected chi connectivity index (χ4v) is 2.63. The summed E-state index contributed by atoms with van der Waals surface area (Å²) in [5, 5.41) is 22.3. The molecule has 3 N–H and O–H groups in total. The van der Waals surface area contributed by atoms with Gasteiger partial charge in [-0.05, 0) is 50.9 Å². The summed E-state index contributed by atoms with van der Waals surface area (Å²) >= 11 is 0. The Kier molecular flexibility index (Phi) is 4.84. The van der Waals surface area contributed by atoms with Gasteiger partial charge in [-0.1, -0.05) is 0 Å². The molecule has 0 radical (unpaired) electrons. The lowest BCUT2D eigenvalue weighted by atomic mass is 9.97. The molecule has 20 heavy (non-hydrogen) atoms. The van der Waals surface area contributed by atoms with Crippen molar-refractivity contribution in [2.24, 2.45) is 5.92 Å². The average molecular weight is 278 g/mol. The lowest BCUT2D eigenvalue weighted by Crippen LogP contribution is -2.39. The second-order valence-electron chi connectivity index (χ2n) is 5.28. The van der Waals surface area contributed by atoms with Gasteiger partial charge in [-0.15, -0.1) is 0 Å². The van der Waals surface area contributed by atoms with Crippen molar-refractivity contribution in [2.45, 2.75) is 19.8 Å². The molecule has 0 atom stereocenters. The highest BCUT2D eigenvalue weighted by atomic mass is 16.3. The molecule has 110 valence electrons. The SMILES string of the molecule is CCN(CC1CCNCC1)C(=O)c1cc(O)cc(O)c1. The monoisotopic (exact) mass is 278 g/mol. The Hall–Kier alpha value is -1.75. The summed E-state index contributed by atoms with van der Waals surface area (Å²) in [6, 6.07) is 4.01. The van der Waals surface area contributed by atoms with Gasteiger partial charge in [0.1, 0.15) is 11.5 Å². The van der Waals surface area contributed by atoms with Gasteiger partial charge in [0, 0.05) is 24.7 Å². The topological polar surface area (TPSA) is 72.8 Å². The summed E-state index contributed by atoms with van der Waals surface area (Å²) in [6.07, 6.45) is 2.16. The number of nitrogens with zero attached hydrogens (tertiary/aromatic N) is 1. The quantitative estimate of drug-likeness (QED) is 0.781. The highest BCUT2D eigenvalue weighted by Gasteiger charge is 2.21. The van der Waals surface area contributed by atoms with Crippen LogP contribution < -0.4 is 5.32 Å². The van der Waals surface area contributed by atoms with Crippen molar-refractivity contribution in [3.63, 3.8) is 0 Å². The summed E-state index contributed by atoms with van der Waals surface area (Å²) in [7, 11) is 0. The third kappa shape index (κ3) is 3.63. The normalized spacial score (nSPS) is 16.1. The summed E-state index contributed by atoms with van der Waals surface area (Å²) in [5.41, 5.74) is 0.332. The van der Waals surface area contributed by atoms with Gasteiger partial charge in [-0.25, -0.2) is 0 Å². The molecule has 5 nitrogen and oxygen atoms in total. The zero-order valence-electron chi connectivity index (χ0n) is 11.8. The lowest BCUT2D eigenvalue weighted by molar-refractivity contribution is 0.0726. The van der Waals surface area contributed by atoms with Crippen molar-refractivity contribution in [1.29, 1.82) is 0 Å². The van der Waals surface area contributed by atoms with Gasteiger partial charge in [-0.3, -0.25) is 4.79 Å². The number of rotatable bonds is 4. The largest absolute Gasteiger partial charge is 0.508 e. The fourth-order valence-electron chi connectivity index (χ4n) is 2.63. The Morgan fingerprint density at radius 2 is 1.85 bits per heavy atom. The molecule has 5 heteroatoms. The molecule has 0 aromatic heterocycles. The summed E-state index contributed by atoms with van der Waals surface area (Å²) < 4.78 is 0. The molecular weight excluding hydrogens is 256 g/mol. The summed E-state index contributed by atoms with van der Waals surface area (Å²) in [4.78, 5) is 14.2. The van der Waals surface area contributed by atoms with Crippen molar-refractivity contribution >= 4 is 5.91 Å². The Morgan fingerprint density at radius 3 is 2.40 bits per heavy atom. The van der Waals surface area contributed by atoms with Crippen LogP contribution in [0.25, 0.3) is 0 Å². The second kappa shape index (κ2) is 6.61. The maximum absolute atomic E-state index is 12.4. The number of hydrogen-bond acceptors (Lipinski definition) is 4. The number of hydrogen-bond donors (Lipinski definition) is 3. The van der Waals surface area contributed by atoms with Gasteiger partial charge in [0.2, 0.25) is 0 Å². The highest BCUT2D eigenvalue weighted by molar-refractivity contribution is 5.95.